The molecule has 0 saturated heterocycles. The van der Waals surface area contributed by atoms with Crippen LogP contribution in [0.1, 0.15) is 39.5 Å². The lowest BCUT2D eigenvalue weighted by atomic mass is 10.2. The SMILES string of the molecule is CCCCOc1cccc2nc(NC(=O)O)n(CCCC)c12. The Labute approximate surface area is 130 Å². The molecule has 0 atom stereocenters. The van der Waals surface area contributed by atoms with E-state index in [2.05, 4.69) is 24.1 Å². The first kappa shape index (κ1) is 16.1. The smallest absolute Gasteiger partial charge is 0.411 e. The molecule has 2 rings (SSSR count). The van der Waals surface area contributed by atoms with E-state index in [-0.39, 0.29) is 0 Å². The molecule has 0 fully saturated rings. The summed E-state index contributed by atoms with van der Waals surface area (Å²) in [4.78, 5) is 15.4. The summed E-state index contributed by atoms with van der Waals surface area (Å²) in [5.74, 6) is 1.11. The van der Waals surface area contributed by atoms with Gasteiger partial charge in [-0.1, -0.05) is 32.8 Å². The molecule has 0 spiro atoms. The Bertz CT molecular complexity index is 637. The van der Waals surface area contributed by atoms with Crippen molar-refractivity contribution in [3.63, 3.8) is 0 Å². The van der Waals surface area contributed by atoms with Crippen LogP contribution in [0.25, 0.3) is 11.0 Å². The second kappa shape index (κ2) is 7.68. The van der Waals surface area contributed by atoms with E-state index in [1.54, 1.807) is 0 Å². The van der Waals surface area contributed by atoms with Gasteiger partial charge in [0, 0.05) is 6.54 Å². The topological polar surface area (TPSA) is 76.4 Å². The van der Waals surface area contributed by atoms with Crippen molar-refractivity contribution >= 4 is 23.1 Å². The van der Waals surface area contributed by atoms with E-state index in [1.165, 1.54) is 0 Å². The summed E-state index contributed by atoms with van der Waals surface area (Å²) in [7, 11) is 0. The summed E-state index contributed by atoms with van der Waals surface area (Å²) >= 11 is 0. The third kappa shape index (κ3) is 3.69. The molecule has 0 aliphatic heterocycles. The number of anilines is 1. The summed E-state index contributed by atoms with van der Waals surface area (Å²) in [6, 6.07) is 5.66. The third-order valence-electron chi connectivity index (χ3n) is 3.44. The highest BCUT2D eigenvalue weighted by Crippen LogP contribution is 2.29. The van der Waals surface area contributed by atoms with Gasteiger partial charge < -0.3 is 14.4 Å². The van der Waals surface area contributed by atoms with Crippen molar-refractivity contribution in [2.24, 2.45) is 0 Å². The molecular weight excluding hydrogens is 282 g/mol. The summed E-state index contributed by atoms with van der Waals surface area (Å²) in [6.07, 6.45) is 2.91. The number of nitrogens with one attached hydrogen (secondary N) is 1. The number of nitrogens with zero attached hydrogens (tertiary/aromatic N) is 2. The largest absolute Gasteiger partial charge is 0.491 e. The van der Waals surface area contributed by atoms with Crippen molar-refractivity contribution in [1.29, 1.82) is 0 Å². The number of hydrogen-bond acceptors (Lipinski definition) is 3. The summed E-state index contributed by atoms with van der Waals surface area (Å²) in [5.41, 5.74) is 1.60. The number of aryl methyl sites for hydroxylation is 1. The Balaban J connectivity index is 2.42. The molecule has 1 heterocycles. The molecule has 22 heavy (non-hydrogen) atoms. The second-order valence-corrected chi connectivity index (χ2v) is 5.20. The molecule has 0 aliphatic carbocycles. The number of aromatic nitrogens is 2. The molecular formula is C16H23N3O3. The number of rotatable bonds is 8. The average molecular weight is 305 g/mol. The van der Waals surface area contributed by atoms with Gasteiger partial charge in [0.2, 0.25) is 5.95 Å². The number of ether oxygens (including phenoxy) is 1. The zero-order valence-electron chi connectivity index (χ0n) is 13.1. The molecule has 2 N–H and O–H groups in total. The number of para-hydroxylation sites is 1. The van der Waals surface area contributed by atoms with Crippen LogP contribution in [0, 0.1) is 0 Å². The second-order valence-electron chi connectivity index (χ2n) is 5.20. The number of carboxylic acid groups (broad SMARTS) is 1. The van der Waals surface area contributed by atoms with E-state index in [0.29, 0.717) is 19.1 Å². The lowest BCUT2D eigenvalue weighted by Crippen LogP contribution is -2.13. The highest BCUT2D eigenvalue weighted by atomic mass is 16.5. The summed E-state index contributed by atoms with van der Waals surface area (Å²) in [5, 5.41) is 11.4. The number of amides is 1. The molecule has 0 aliphatic rings. The van der Waals surface area contributed by atoms with E-state index in [4.69, 9.17) is 9.84 Å². The lowest BCUT2D eigenvalue weighted by molar-refractivity contribution is 0.209. The van der Waals surface area contributed by atoms with E-state index in [1.807, 2.05) is 22.8 Å². The van der Waals surface area contributed by atoms with Gasteiger partial charge in [-0.25, -0.2) is 9.78 Å². The van der Waals surface area contributed by atoms with Crippen LogP contribution in [0.5, 0.6) is 5.75 Å². The van der Waals surface area contributed by atoms with Gasteiger partial charge in [-0.2, -0.15) is 0 Å². The van der Waals surface area contributed by atoms with Gasteiger partial charge in [0.1, 0.15) is 11.3 Å². The van der Waals surface area contributed by atoms with Gasteiger partial charge >= 0.3 is 6.09 Å². The first-order valence-electron chi connectivity index (χ1n) is 7.79. The first-order valence-corrected chi connectivity index (χ1v) is 7.79. The summed E-state index contributed by atoms with van der Waals surface area (Å²) in [6.45, 7) is 5.57. The van der Waals surface area contributed by atoms with Crippen LogP contribution < -0.4 is 10.1 Å². The quantitative estimate of drug-likeness (QED) is 0.720. The first-order chi connectivity index (χ1) is 10.7. The van der Waals surface area contributed by atoms with Gasteiger partial charge in [0.15, 0.2) is 0 Å². The number of benzene rings is 1. The standard InChI is InChI=1S/C16H23N3O3/c1-3-5-10-19-14-12(17-15(19)18-16(20)21)8-7-9-13(14)22-11-6-4-2/h7-9H,3-6,10-11H2,1-2H3,(H,17,18)(H,20,21). The van der Waals surface area contributed by atoms with Crippen molar-refractivity contribution in [2.75, 3.05) is 11.9 Å². The monoisotopic (exact) mass is 305 g/mol. The molecule has 1 amide bonds. The normalized spacial score (nSPS) is 10.8. The Morgan fingerprint density at radius 3 is 2.77 bits per heavy atom. The highest BCUT2D eigenvalue weighted by Gasteiger charge is 2.16. The number of hydrogen-bond donors (Lipinski definition) is 2. The van der Waals surface area contributed by atoms with Crippen LogP contribution in [0.15, 0.2) is 18.2 Å². The minimum atomic E-state index is -1.11. The van der Waals surface area contributed by atoms with E-state index < -0.39 is 6.09 Å². The maximum atomic E-state index is 11.0. The zero-order chi connectivity index (χ0) is 15.9. The predicted octanol–water partition coefficient (Wildman–Crippen LogP) is 4.11. The van der Waals surface area contributed by atoms with Crippen molar-refractivity contribution < 1.29 is 14.6 Å². The average Bonchev–Trinajstić information content (AvgIpc) is 2.82. The maximum Gasteiger partial charge on any atom is 0.411 e. The number of fused-ring (bicyclic) bond motifs is 1. The minimum absolute atomic E-state index is 0.350. The van der Waals surface area contributed by atoms with E-state index in [0.717, 1.165) is 42.5 Å². The Morgan fingerprint density at radius 1 is 1.32 bits per heavy atom. The summed E-state index contributed by atoms with van der Waals surface area (Å²) < 4.78 is 7.76. The van der Waals surface area contributed by atoms with Gasteiger partial charge in [0.25, 0.3) is 0 Å². The van der Waals surface area contributed by atoms with Crippen LogP contribution in [0.3, 0.4) is 0 Å². The molecule has 120 valence electrons. The predicted molar refractivity (Wildman–Crippen MR) is 86.7 cm³/mol. The molecule has 1 aromatic heterocycles. The molecule has 0 saturated carbocycles. The van der Waals surface area contributed by atoms with Crippen molar-refractivity contribution in [1.82, 2.24) is 9.55 Å². The Kier molecular flexibility index (Phi) is 5.63. The van der Waals surface area contributed by atoms with Crippen LogP contribution >= 0.6 is 0 Å². The molecule has 2 aromatic rings. The molecule has 6 nitrogen and oxygen atoms in total. The lowest BCUT2D eigenvalue weighted by Gasteiger charge is -2.11. The van der Waals surface area contributed by atoms with Crippen molar-refractivity contribution in [3.8, 4) is 5.75 Å². The molecule has 1 aromatic carbocycles. The van der Waals surface area contributed by atoms with Crippen LogP contribution in [0.4, 0.5) is 10.7 Å². The fourth-order valence-electron chi connectivity index (χ4n) is 2.32. The highest BCUT2D eigenvalue weighted by molar-refractivity contribution is 5.88. The molecule has 6 heteroatoms. The van der Waals surface area contributed by atoms with Crippen LogP contribution in [-0.2, 0) is 6.54 Å². The number of carbonyl (C=O) groups is 1. The van der Waals surface area contributed by atoms with Gasteiger partial charge in [-0.3, -0.25) is 5.32 Å². The maximum absolute atomic E-state index is 11.0. The molecule has 0 unspecified atom stereocenters. The van der Waals surface area contributed by atoms with Crippen LogP contribution in [0.2, 0.25) is 0 Å². The van der Waals surface area contributed by atoms with Crippen molar-refractivity contribution in [3.05, 3.63) is 18.2 Å². The number of unbranched alkanes of at least 4 members (excludes halogenated alkanes) is 2. The fraction of sp³-hybridized carbons (Fsp3) is 0.500. The van der Waals surface area contributed by atoms with E-state index >= 15 is 0 Å². The molecule has 0 radical (unpaired) electrons. The Morgan fingerprint density at radius 2 is 2.09 bits per heavy atom. The van der Waals surface area contributed by atoms with E-state index in [9.17, 15) is 4.79 Å². The fourth-order valence-corrected chi connectivity index (χ4v) is 2.32. The third-order valence-corrected chi connectivity index (χ3v) is 3.44. The van der Waals surface area contributed by atoms with Gasteiger partial charge in [0.05, 0.1) is 12.1 Å². The molecule has 0 bridgehead atoms. The number of imidazole rings is 1. The van der Waals surface area contributed by atoms with Gasteiger partial charge in [-0.15, -0.1) is 0 Å². The zero-order valence-corrected chi connectivity index (χ0v) is 13.1. The van der Waals surface area contributed by atoms with Crippen LogP contribution in [-0.4, -0.2) is 27.4 Å². The minimum Gasteiger partial charge on any atom is -0.491 e. The van der Waals surface area contributed by atoms with Crippen molar-refractivity contribution in [2.45, 2.75) is 46.1 Å². The Hall–Kier alpha value is -2.24. The van der Waals surface area contributed by atoms with Gasteiger partial charge in [-0.05, 0) is 25.0 Å².